The maximum Gasteiger partial charge on any atom is 0.247 e. The maximum absolute atomic E-state index is 10.7. The minimum Gasteiger partial charge on any atom is -0.289 e. The fraction of sp³-hybridized carbons (Fsp3) is 0.350. The van der Waals surface area contributed by atoms with E-state index in [1.807, 2.05) is 12.2 Å². The van der Waals surface area contributed by atoms with Gasteiger partial charge in [-0.3, -0.25) is 10.0 Å². The Labute approximate surface area is 140 Å². The second-order valence-electron chi connectivity index (χ2n) is 4.85. The molecule has 0 rings (SSSR count). The Morgan fingerprint density at radius 2 is 1.35 bits per heavy atom. The van der Waals surface area contributed by atoms with Gasteiger partial charge in [0.15, 0.2) is 0 Å². The molecule has 0 saturated heterocycles. The van der Waals surface area contributed by atoms with E-state index in [1.54, 1.807) is 17.6 Å². The van der Waals surface area contributed by atoms with Gasteiger partial charge >= 0.3 is 0 Å². The Bertz CT molecular complexity index is 454. The monoisotopic (exact) mass is 315 g/mol. The van der Waals surface area contributed by atoms with Gasteiger partial charge in [0.25, 0.3) is 0 Å². The summed E-state index contributed by atoms with van der Waals surface area (Å²) in [6.45, 7) is 2.15. The molecule has 0 aliphatic heterocycles. The van der Waals surface area contributed by atoms with E-state index in [0.717, 1.165) is 32.1 Å². The lowest BCUT2D eigenvalue weighted by molar-refractivity contribution is -0.128. The molecule has 126 valence electrons. The fourth-order valence-corrected chi connectivity index (χ4v) is 1.61. The van der Waals surface area contributed by atoms with E-state index in [4.69, 9.17) is 5.21 Å². The van der Waals surface area contributed by atoms with Gasteiger partial charge in [0.2, 0.25) is 5.91 Å². The van der Waals surface area contributed by atoms with E-state index in [0.29, 0.717) is 0 Å². The topological polar surface area (TPSA) is 49.3 Å². The molecule has 0 radical (unpaired) electrons. The largest absolute Gasteiger partial charge is 0.289 e. The molecule has 0 heterocycles. The van der Waals surface area contributed by atoms with E-state index in [1.165, 1.54) is 0 Å². The fourth-order valence-electron chi connectivity index (χ4n) is 1.61. The highest BCUT2D eigenvalue weighted by molar-refractivity contribution is 5.76. The van der Waals surface area contributed by atoms with Crippen LogP contribution in [-0.4, -0.2) is 11.1 Å². The molecule has 0 aliphatic carbocycles. The van der Waals surface area contributed by atoms with Crippen LogP contribution in [-0.2, 0) is 4.79 Å². The molecule has 0 fully saturated rings. The van der Waals surface area contributed by atoms with Crippen molar-refractivity contribution in [3.8, 4) is 0 Å². The number of rotatable bonds is 12. The lowest BCUT2D eigenvalue weighted by atomic mass is 10.2. The molecule has 0 spiro atoms. The van der Waals surface area contributed by atoms with Crippen LogP contribution in [0.3, 0.4) is 0 Å². The molecule has 3 nitrogen and oxygen atoms in total. The highest BCUT2D eigenvalue weighted by atomic mass is 16.5. The third-order valence-corrected chi connectivity index (χ3v) is 2.81. The molecule has 0 unspecified atom stereocenters. The average molecular weight is 315 g/mol. The molecule has 2 N–H and O–H groups in total. The summed E-state index contributed by atoms with van der Waals surface area (Å²) < 4.78 is 0. The van der Waals surface area contributed by atoms with Crippen molar-refractivity contribution in [1.82, 2.24) is 5.48 Å². The minimum absolute atomic E-state index is 0.184. The van der Waals surface area contributed by atoms with Crippen molar-refractivity contribution in [2.24, 2.45) is 0 Å². The third-order valence-electron chi connectivity index (χ3n) is 2.81. The van der Waals surface area contributed by atoms with Crippen molar-refractivity contribution in [3.05, 3.63) is 72.9 Å². The Kier molecular flexibility index (Phi) is 16.3. The SMILES string of the molecule is CCC=CCCC=CC=CCC=CC/C=C\C=C\CC(=O)NO. The van der Waals surface area contributed by atoms with Gasteiger partial charge in [-0.05, 0) is 32.1 Å². The van der Waals surface area contributed by atoms with Gasteiger partial charge in [0, 0.05) is 6.42 Å². The maximum atomic E-state index is 10.7. The number of carbonyl (C=O) groups excluding carboxylic acids is 1. The van der Waals surface area contributed by atoms with Crippen LogP contribution in [0.5, 0.6) is 0 Å². The van der Waals surface area contributed by atoms with Crippen LogP contribution in [0.25, 0.3) is 0 Å². The van der Waals surface area contributed by atoms with E-state index in [2.05, 4.69) is 55.5 Å². The summed E-state index contributed by atoms with van der Waals surface area (Å²) >= 11 is 0. The molecular weight excluding hydrogens is 286 g/mol. The minimum atomic E-state index is -0.409. The van der Waals surface area contributed by atoms with Gasteiger partial charge in [-0.25, -0.2) is 5.48 Å². The first kappa shape index (κ1) is 20.9. The third kappa shape index (κ3) is 17.8. The standard InChI is InChI=1S/C20H29NO2/c1-2-3-4-5-6-7-8-9-10-11-12-13-14-15-16-17-18-19-20(22)21-23/h3-4,7-10,12-13,15-18,23H,2,5-6,11,14,19H2,1H3,(H,21,22)/b4-3?,8-7?,10-9?,13-12?,16-15-,18-17+. The number of unbranched alkanes of at least 4 members (excludes halogenated alkanes) is 1. The van der Waals surface area contributed by atoms with Crippen molar-refractivity contribution in [2.75, 3.05) is 0 Å². The van der Waals surface area contributed by atoms with Crippen molar-refractivity contribution >= 4 is 5.91 Å². The highest BCUT2D eigenvalue weighted by Gasteiger charge is 1.90. The van der Waals surface area contributed by atoms with Gasteiger partial charge in [0.05, 0.1) is 0 Å². The molecule has 0 bridgehead atoms. The molecule has 0 aromatic carbocycles. The van der Waals surface area contributed by atoms with E-state index in [9.17, 15) is 4.79 Å². The van der Waals surface area contributed by atoms with Crippen LogP contribution >= 0.6 is 0 Å². The number of hydrogen-bond donors (Lipinski definition) is 2. The van der Waals surface area contributed by atoms with E-state index >= 15 is 0 Å². The predicted molar refractivity (Wildman–Crippen MR) is 98.1 cm³/mol. The van der Waals surface area contributed by atoms with Gasteiger partial charge in [-0.1, -0.05) is 79.8 Å². The van der Waals surface area contributed by atoms with Crippen LogP contribution in [0.15, 0.2) is 72.9 Å². The molecule has 0 aliphatic rings. The Morgan fingerprint density at radius 1 is 0.783 bits per heavy atom. The average Bonchev–Trinajstić information content (AvgIpc) is 2.57. The first-order chi connectivity index (χ1) is 11.3. The van der Waals surface area contributed by atoms with Crippen LogP contribution in [0.2, 0.25) is 0 Å². The van der Waals surface area contributed by atoms with Crippen LogP contribution < -0.4 is 5.48 Å². The second-order valence-corrected chi connectivity index (χ2v) is 4.85. The van der Waals surface area contributed by atoms with Crippen LogP contribution in [0.1, 0.15) is 45.4 Å². The first-order valence-electron chi connectivity index (χ1n) is 8.17. The smallest absolute Gasteiger partial charge is 0.247 e. The molecule has 0 aromatic heterocycles. The van der Waals surface area contributed by atoms with Crippen molar-refractivity contribution in [1.29, 1.82) is 0 Å². The van der Waals surface area contributed by atoms with Crippen LogP contribution in [0, 0.1) is 0 Å². The van der Waals surface area contributed by atoms with Gasteiger partial charge < -0.3 is 0 Å². The Balaban J connectivity index is 3.59. The molecule has 0 atom stereocenters. The molecular formula is C20H29NO2. The molecule has 0 aromatic rings. The quantitative estimate of drug-likeness (QED) is 0.171. The number of carbonyl (C=O) groups is 1. The van der Waals surface area contributed by atoms with Gasteiger partial charge in [-0.2, -0.15) is 0 Å². The lowest BCUT2D eigenvalue weighted by Crippen LogP contribution is -2.16. The van der Waals surface area contributed by atoms with Crippen molar-refractivity contribution in [3.63, 3.8) is 0 Å². The zero-order valence-corrected chi connectivity index (χ0v) is 14.0. The van der Waals surface area contributed by atoms with Gasteiger partial charge in [0.1, 0.15) is 0 Å². The Morgan fingerprint density at radius 3 is 1.96 bits per heavy atom. The second kappa shape index (κ2) is 17.9. The number of hydrogen-bond acceptors (Lipinski definition) is 2. The van der Waals surface area contributed by atoms with Crippen molar-refractivity contribution < 1.29 is 10.0 Å². The number of allylic oxidation sites excluding steroid dienone is 11. The normalized spacial score (nSPS) is 13.0. The molecule has 0 saturated carbocycles. The van der Waals surface area contributed by atoms with E-state index < -0.39 is 5.91 Å². The summed E-state index contributed by atoms with van der Waals surface area (Å²) in [6.07, 6.45) is 29.8. The zero-order valence-electron chi connectivity index (χ0n) is 14.0. The Hall–Kier alpha value is -2.13. The summed E-state index contributed by atoms with van der Waals surface area (Å²) in [7, 11) is 0. The lowest BCUT2D eigenvalue weighted by Gasteiger charge is -1.89. The summed E-state index contributed by atoms with van der Waals surface area (Å²) in [5.41, 5.74) is 1.58. The number of hydroxylamine groups is 1. The van der Waals surface area contributed by atoms with E-state index in [-0.39, 0.29) is 6.42 Å². The zero-order chi connectivity index (χ0) is 17.0. The number of amides is 1. The summed E-state index contributed by atoms with van der Waals surface area (Å²) in [5.74, 6) is -0.409. The van der Waals surface area contributed by atoms with Crippen LogP contribution in [0.4, 0.5) is 0 Å². The summed E-state index contributed by atoms with van der Waals surface area (Å²) in [4.78, 5) is 10.7. The van der Waals surface area contributed by atoms with Crippen molar-refractivity contribution in [2.45, 2.75) is 45.4 Å². The predicted octanol–water partition coefficient (Wildman–Crippen LogP) is 5.19. The molecule has 3 heteroatoms. The number of nitrogens with one attached hydrogen (secondary N) is 1. The summed E-state index contributed by atoms with van der Waals surface area (Å²) in [5, 5.41) is 8.30. The molecule has 23 heavy (non-hydrogen) atoms. The first-order valence-corrected chi connectivity index (χ1v) is 8.17. The summed E-state index contributed by atoms with van der Waals surface area (Å²) in [6, 6.07) is 0. The van der Waals surface area contributed by atoms with Gasteiger partial charge in [-0.15, -0.1) is 0 Å². The highest BCUT2D eigenvalue weighted by Crippen LogP contribution is 1.96. The molecule has 1 amide bonds.